The summed E-state index contributed by atoms with van der Waals surface area (Å²) in [7, 11) is -9.00. The molecule has 134 valence electrons. The van der Waals surface area contributed by atoms with Crippen molar-refractivity contribution >= 4 is 26.1 Å². The van der Waals surface area contributed by atoms with Crippen LogP contribution in [-0.2, 0) is 9.13 Å². The highest BCUT2D eigenvalue weighted by Gasteiger charge is 2.21. The van der Waals surface area contributed by atoms with E-state index in [9.17, 15) is 28.7 Å². The summed E-state index contributed by atoms with van der Waals surface area (Å²) >= 11 is 0. The van der Waals surface area contributed by atoms with Gasteiger partial charge in [0.2, 0.25) is 0 Å². The van der Waals surface area contributed by atoms with E-state index >= 15 is 0 Å². The standard InChI is InChI=1S/C15H13N3O6P2/c19-25(20,21)14-8-2-6-12(17-14)10-4-1-5-11(16-10)13-7-3-9-15(18-13)26(22,23)24/h1-9H,(H2,19,20,21)(H2,22,23,24). The summed E-state index contributed by atoms with van der Waals surface area (Å²) < 4.78 is 22.7. The van der Waals surface area contributed by atoms with Crippen molar-refractivity contribution in [2.45, 2.75) is 0 Å². The van der Waals surface area contributed by atoms with Gasteiger partial charge in [0.25, 0.3) is 0 Å². The van der Waals surface area contributed by atoms with Crippen LogP contribution in [0.15, 0.2) is 54.6 Å². The molecule has 0 amide bonds. The summed E-state index contributed by atoms with van der Waals surface area (Å²) in [5, 5.41) is 0. The Labute approximate surface area is 147 Å². The summed E-state index contributed by atoms with van der Waals surface area (Å²) in [4.78, 5) is 49.2. The molecule has 0 atom stereocenters. The van der Waals surface area contributed by atoms with Crippen molar-refractivity contribution in [3.63, 3.8) is 0 Å². The number of hydrogen-bond donors (Lipinski definition) is 4. The molecule has 26 heavy (non-hydrogen) atoms. The second-order valence-electron chi connectivity index (χ2n) is 5.26. The highest BCUT2D eigenvalue weighted by Crippen LogP contribution is 2.33. The number of rotatable bonds is 4. The fourth-order valence-electron chi connectivity index (χ4n) is 2.18. The molecule has 0 radical (unpaired) electrons. The molecule has 11 heteroatoms. The SMILES string of the molecule is O=P(O)(O)c1cccc(-c2cccc(-c3cccc(P(=O)(O)O)n3)n2)n1. The van der Waals surface area contributed by atoms with Gasteiger partial charge in [0.15, 0.2) is 10.9 Å². The van der Waals surface area contributed by atoms with Gasteiger partial charge in [-0.3, -0.25) is 9.13 Å². The molecular formula is C15H13N3O6P2. The Balaban J connectivity index is 2.05. The van der Waals surface area contributed by atoms with Crippen LogP contribution in [0.1, 0.15) is 0 Å². The Kier molecular flexibility index (Phi) is 4.86. The molecule has 0 aliphatic rings. The van der Waals surface area contributed by atoms with Gasteiger partial charge in [-0.25, -0.2) is 15.0 Å². The fourth-order valence-corrected chi connectivity index (χ4v) is 3.21. The van der Waals surface area contributed by atoms with Crippen LogP contribution in [0.25, 0.3) is 22.8 Å². The molecular weight excluding hydrogens is 380 g/mol. The Bertz CT molecular complexity index is 982. The molecule has 3 heterocycles. The van der Waals surface area contributed by atoms with Gasteiger partial charge in [0.1, 0.15) is 0 Å². The molecule has 0 saturated carbocycles. The molecule has 0 aliphatic carbocycles. The summed E-state index contributed by atoms with van der Waals surface area (Å²) in [6.07, 6.45) is 0. The molecule has 0 spiro atoms. The maximum atomic E-state index is 11.4. The average molecular weight is 393 g/mol. The largest absolute Gasteiger partial charge is 0.374 e. The third-order valence-corrected chi connectivity index (χ3v) is 5.03. The Morgan fingerprint density at radius 2 is 0.846 bits per heavy atom. The fraction of sp³-hybridized carbons (Fsp3) is 0. The Morgan fingerprint density at radius 1 is 0.538 bits per heavy atom. The molecule has 0 fully saturated rings. The number of pyridine rings is 3. The highest BCUT2D eigenvalue weighted by molar-refractivity contribution is 7.60. The van der Waals surface area contributed by atoms with Gasteiger partial charge in [-0.2, -0.15) is 0 Å². The smallest absolute Gasteiger partial charge is 0.320 e. The lowest BCUT2D eigenvalue weighted by atomic mass is 10.2. The van der Waals surface area contributed by atoms with Crippen molar-refractivity contribution in [1.82, 2.24) is 15.0 Å². The van der Waals surface area contributed by atoms with Crippen molar-refractivity contribution in [2.75, 3.05) is 0 Å². The van der Waals surface area contributed by atoms with E-state index in [1.54, 1.807) is 30.3 Å². The Morgan fingerprint density at radius 3 is 1.19 bits per heavy atom. The van der Waals surface area contributed by atoms with Crippen LogP contribution < -0.4 is 10.9 Å². The van der Waals surface area contributed by atoms with E-state index in [2.05, 4.69) is 15.0 Å². The molecule has 9 nitrogen and oxygen atoms in total. The minimum Gasteiger partial charge on any atom is -0.320 e. The molecule has 0 aromatic carbocycles. The van der Waals surface area contributed by atoms with Crippen molar-refractivity contribution < 1.29 is 28.7 Å². The third kappa shape index (κ3) is 4.11. The van der Waals surface area contributed by atoms with Gasteiger partial charge < -0.3 is 19.6 Å². The van der Waals surface area contributed by atoms with Crippen molar-refractivity contribution in [3.05, 3.63) is 54.6 Å². The summed E-state index contributed by atoms with van der Waals surface area (Å²) in [6.45, 7) is 0. The first-order chi connectivity index (χ1) is 12.1. The van der Waals surface area contributed by atoms with Gasteiger partial charge in [-0.15, -0.1) is 0 Å². The second kappa shape index (κ2) is 6.81. The van der Waals surface area contributed by atoms with Crippen LogP contribution in [0.4, 0.5) is 0 Å². The van der Waals surface area contributed by atoms with Gasteiger partial charge in [0, 0.05) is 0 Å². The first-order valence-corrected chi connectivity index (χ1v) is 10.4. The molecule has 3 aromatic heterocycles. The van der Waals surface area contributed by atoms with E-state index in [-0.39, 0.29) is 22.3 Å². The molecule has 0 bridgehead atoms. The molecule has 0 unspecified atom stereocenters. The zero-order chi connectivity index (χ0) is 18.9. The van der Waals surface area contributed by atoms with E-state index < -0.39 is 15.2 Å². The monoisotopic (exact) mass is 393 g/mol. The minimum absolute atomic E-state index is 0.249. The van der Waals surface area contributed by atoms with E-state index in [0.29, 0.717) is 11.4 Å². The van der Waals surface area contributed by atoms with E-state index in [4.69, 9.17) is 0 Å². The molecule has 4 N–H and O–H groups in total. The summed E-state index contributed by atoms with van der Waals surface area (Å²) in [5.41, 5.74) is 0.424. The third-order valence-electron chi connectivity index (χ3n) is 3.34. The second-order valence-corrected chi connectivity index (χ2v) is 8.35. The molecule has 3 rings (SSSR count). The topological polar surface area (TPSA) is 154 Å². The number of nitrogens with zero attached hydrogens (tertiary/aromatic N) is 3. The van der Waals surface area contributed by atoms with Crippen LogP contribution >= 0.6 is 15.2 Å². The first kappa shape index (κ1) is 18.5. The van der Waals surface area contributed by atoms with Crippen molar-refractivity contribution in [1.29, 1.82) is 0 Å². The maximum Gasteiger partial charge on any atom is 0.374 e. The predicted molar refractivity (Wildman–Crippen MR) is 94.1 cm³/mol. The lowest BCUT2D eigenvalue weighted by molar-refractivity contribution is 0.384. The number of hydrogen-bond acceptors (Lipinski definition) is 5. The zero-order valence-electron chi connectivity index (χ0n) is 13.0. The highest BCUT2D eigenvalue weighted by atomic mass is 31.2. The molecule has 0 saturated heterocycles. The van der Waals surface area contributed by atoms with Gasteiger partial charge in [0.05, 0.1) is 22.8 Å². The molecule has 0 aliphatic heterocycles. The molecule has 3 aromatic rings. The minimum atomic E-state index is -4.50. The zero-order valence-corrected chi connectivity index (χ0v) is 14.8. The quantitative estimate of drug-likeness (QED) is 0.472. The summed E-state index contributed by atoms with van der Waals surface area (Å²) in [6, 6.07) is 13.3. The number of aromatic nitrogens is 3. The maximum absolute atomic E-state index is 11.4. The summed E-state index contributed by atoms with van der Waals surface area (Å²) in [5.74, 6) is 0. The van der Waals surface area contributed by atoms with Crippen LogP contribution in [0.3, 0.4) is 0 Å². The van der Waals surface area contributed by atoms with E-state index in [0.717, 1.165) is 0 Å². The van der Waals surface area contributed by atoms with Gasteiger partial charge in [-0.1, -0.05) is 18.2 Å². The van der Waals surface area contributed by atoms with Crippen LogP contribution in [-0.4, -0.2) is 34.5 Å². The van der Waals surface area contributed by atoms with E-state index in [1.807, 2.05) is 0 Å². The van der Waals surface area contributed by atoms with Gasteiger partial charge >= 0.3 is 15.2 Å². The van der Waals surface area contributed by atoms with E-state index in [1.165, 1.54) is 24.3 Å². The lowest BCUT2D eigenvalue weighted by Crippen LogP contribution is -2.10. The lowest BCUT2D eigenvalue weighted by Gasteiger charge is -2.08. The van der Waals surface area contributed by atoms with Crippen LogP contribution in [0, 0.1) is 0 Å². The Hall–Kier alpha value is -2.25. The van der Waals surface area contributed by atoms with Crippen LogP contribution in [0.5, 0.6) is 0 Å². The first-order valence-electron chi connectivity index (χ1n) is 7.19. The normalized spacial score (nSPS) is 12.2. The van der Waals surface area contributed by atoms with Gasteiger partial charge in [-0.05, 0) is 36.4 Å². The average Bonchev–Trinajstić information content (AvgIpc) is 2.61. The van der Waals surface area contributed by atoms with Crippen molar-refractivity contribution in [3.8, 4) is 22.8 Å². The predicted octanol–water partition coefficient (Wildman–Crippen LogP) is 0.812. The van der Waals surface area contributed by atoms with Crippen molar-refractivity contribution in [2.24, 2.45) is 0 Å². The van der Waals surface area contributed by atoms with Crippen LogP contribution in [0.2, 0.25) is 0 Å².